The Labute approximate surface area is 195 Å². The first-order valence-electron chi connectivity index (χ1n) is 11.7. The van der Waals surface area contributed by atoms with Crippen LogP contribution in [0.2, 0.25) is 0 Å². The summed E-state index contributed by atoms with van der Waals surface area (Å²) in [6.07, 6.45) is 0. The number of benzene rings is 5. The van der Waals surface area contributed by atoms with E-state index in [1.807, 2.05) is 0 Å². The molecule has 0 heteroatoms. The van der Waals surface area contributed by atoms with Gasteiger partial charge in [-0.15, -0.1) is 0 Å². The van der Waals surface area contributed by atoms with Crippen LogP contribution in [0.1, 0.15) is 33.4 Å². The zero-order chi connectivity index (χ0) is 22.2. The molecule has 33 heavy (non-hydrogen) atoms. The van der Waals surface area contributed by atoms with E-state index in [9.17, 15) is 0 Å². The molecule has 0 radical (unpaired) electrons. The minimum Gasteiger partial charge on any atom is -0.0619 e. The van der Waals surface area contributed by atoms with Crippen molar-refractivity contribution in [1.82, 2.24) is 0 Å². The minimum atomic E-state index is -0.352. The summed E-state index contributed by atoms with van der Waals surface area (Å²) in [4.78, 5) is 0. The van der Waals surface area contributed by atoms with Gasteiger partial charge in [0.1, 0.15) is 0 Å². The van der Waals surface area contributed by atoms with Gasteiger partial charge in [-0.1, -0.05) is 120 Å². The van der Waals surface area contributed by atoms with Crippen molar-refractivity contribution in [2.75, 3.05) is 0 Å². The van der Waals surface area contributed by atoms with E-state index in [0.717, 1.165) is 0 Å². The average molecular weight is 421 g/mol. The highest BCUT2D eigenvalue weighted by atomic mass is 14.5. The quantitative estimate of drug-likeness (QED) is 0.231. The molecule has 0 N–H and O–H groups in total. The Bertz CT molecular complexity index is 1460. The van der Waals surface area contributed by atoms with Crippen LogP contribution in [0, 0.1) is 13.8 Å². The maximum Gasteiger partial charge on any atom is 0.0725 e. The number of fused-ring (bicyclic) bond motifs is 12. The van der Waals surface area contributed by atoms with Crippen LogP contribution in [0.3, 0.4) is 0 Å². The Morgan fingerprint density at radius 3 is 1.18 bits per heavy atom. The molecule has 5 aromatic rings. The lowest BCUT2D eigenvalue weighted by molar-refractivity contribution is 0.773. The second kappa shape index (κ2) is 6.56. The summed E-state index contributed by atoms with van der Waals surface area (Å²) < 4.78 is 0. The van der Waals surface area contributed by atoms with Gasteiger partial charge in [-0.05, 0) is 69.5 Å². The third-order valence-electron chi connectivity index (χ3n) is 7.62. The predicted octanol–water partition coefficient (Wildman–Crippen LogP) is 8.31. The van der Waals surface area contributed by atoms with Crippen LogP contribution in [0.5, 0.6) is 0 Å². The van der Waals surface area contributed by atoms with E-state index >= 15 is 0 Å². The molecule has 0 aromatic heterocycles. The van der Waals surface area contributed by atoms with Crippen molar-refractivity contribution in [3.05, 3.63) is 143 Å². The molecule has 1 spiro atoms. The third kappa shape index (κ3) is 2.31. The van der Waals surface area contributed by atoms with Crippen molar-refractivity contribution in [1.29, 1.82) is 0 Å². The van der Waals surface area contributed by atoms with Crippen LogP contribution >= 0.6 is 0 Å². The minimum absolute atomic E-state index is 0.352. The monoisotopic (exact) mass is 420 g/mol. The van der Waals surface area contributed by atoms with Crippen molar-refractivity contribution in [3.8, 4) is 33.4 Å². The van der Waals surface area contributed by atoms with Crippen LogP contribution in [-0.4, -0.2) is 0 Å². The molecule has 0 saturated carbocycles. The molecular weight excluding hydrogens is 396 g/mol. The zero-order valence-corrected chi connectivity index (χ0v) is 18.9. The van der Waals surface area contributed by atoms with Gasteiger partial charge < -0.3 is 0 Å². The van der Waals surface area contributed by atoms with Crippen molar-refractivity contribution in [2.24, 2.45) is 0 Å². The summed E-state index contributed by atoms with van der Waals surface area (Å²) in [5, 5.41) is 0. The van der Waals surface area contributed by atoms with Crippen LogP contribution in [0.15, 0.2) is 109 Å². The van der Waals surface area contributed by atoms with Gasteiger partial charge in [-0.25, -0.2) is 0 Å². The Kier molecular flexibility index (Phi) is 3.71. The largest absolute Gasteiger partial charge is 0.0725 e. The van der Waals surface area contributed by atoms with Crippen LogP contribution in [0.4, 0.5) is 0 Å². The fraction of sp³-hybridized carbons (Fsp3) is 0.0909. The molecule has 0 saturated heterocycles. The van der Waals surface area contributed by atoms with Gasteiger partial charge >= 0.3 is 0 Å². The number of rotatable bonds is 0. The summed E-state index contributed by atoms with van der Waals surface area (Å²) in [5.74, 6) is 0. The van der Waals surface area contributed by atoms with Crippen molar-refractivity contribution in [3.63, 3.8) is 0 Å². The topological polar surface area (TPSA) is 0 Å². The molecule has 0 amide bonds. The Hall–Kier alpha value is -3.90. The summed E-state index contributed by atoms with van der Waals surface area (Å²) in [7, 11) is 0. The van der Waals surface area contributed by atoms with Gasteiger partial charge in [0, 0.05) is 0 Å². The van der Waals surface area contributed by atoms with Gasteiger partial charge in [-0.3, -0.25) is 0 Å². The molecule has 5 aromatic carbocycles. The highest BCUT2D eigenvalue weighted by Gasteiger charge is 2.49. The molecule has 0 unspecified atom stereocenters. The van der Waals surface area contributed by atoms with Gasteiger partial charge in [0.25, 0.3) is 0 Å². The maximum atomic E-state index is 2.43. The van der Waals surface area contributed by atoms with E-state index in [1.54, 1.807) is 0 Å². The van der Waals surface area contributed by atoms with Gasteiger partial charge in [0.05, 0.1) is 5.41 Å². The fourth-order valence-electron chi connectivity index (χ4n) is 6.32. The van der Waals surface area contributed by atoms with Gasteiger partial charge in [0.2, 0.25) is 0 Å². The first-order valence-corrected chi connectivity index (χ1v) is 11.7. The zero-order valence-electron chi connectivity index (χ0n) is 18.9. The van der Waals surface area contributed by atoms with Crippen LogP contribution < -0.4 is 0 Å². The molecule has 0 nitrogen and oxygen atoms in total. The summed E-state index contributed by atoms with van der Waals surface area (Å²) in [6, 6.07) is 41.0. The van der Waals surface area contributed by atoms with Crippen LogP contribution in [0.25, 0.3) is 33.4 Å². The summed E-state index contributed by atoms with van der Waals surface area (Å²) >= 11 is 0. The Balaban J connectivity index is 1.79. The molecule has 0 heterocycles. The first kappa shape index (κ1) is 18.7. The Morgan fingerprint density at radius 2 is 0.727 bits per heavy atom. The maximum absolute atomic E-state index is 2.43. The van der Waals surface area contributed by atoms with E-state index in [1.165, 1.54) is 66.8 Å². The van der Waals surface area contributed by atoms with E-state index in [-0.39, 0.29) is 5.41 Å². The molecule has 7 rings (SSSR count). The molecule has 2 aliphatic rings. The van der Waals surface area contributed by atoms with Gasteiger partial charge in [0.15, 0.2) is 0 Å². The average Bonchev–Trinajstić information content (AvgIpc) is 3.10. The predicted molar refractivity (Wildman–Crippen MR) is 138 cm³/mol. The Morgan fingerprint density at radius 1 is 0.364 bits per heavy atom. The highest BCUT2D eigenvalue weighted by molar-refractivity contribution is 5.97. The molecular formula is C33H24. The molecule has 2 aliphatic carbocycles. The lowest BCUT2D eigenvalue weighted by Crippen LogP contribution is -2.29. The number of hydrogen-bond acceptors (Lipinski definition) is 0. The van der Waals surface area contributed by atoms with E-state index < -0.39 is 0 Å². The smallest absolute Gasteiger partial charge is 0.0619 e. The lowest BCUT2D eigenvalue weighted by atomic mass is 9.65. The number of aryl methyl sites for hydroxylation is 2. The molecule has 156 valence electrons. The fourth-order valence-corrected chi connectivity index (χ4v) is 6.32. The van der Waals surface area contributed by atoms with E-state index in [0.29, 0.717) is 0 Å². The van der Waals surface area contributed by atoms with E-state index in [4.69, 9.17) is 0 Å². The third-order valence-corrected chi connectivity index (χ3v) is 7.62. The molecule has 0 bridgehead atoms. The molecule has 0 aliphatic heterocycles. The lowest BCUT2D eigenvalue weighted by Gasteiger charge is -2.35. The summed E-state index contributed by atoms with van der Waals surface area (Å²) in [6.45, 7) is 4.43. The van der Waals surface area contributed by atoms with Crippen molar-refractivity contribution < 1.29 is 0 Å². The number of hydrogen-bond donors (Lipinski definition) is 0. The van der Waals surface area contributed by atoms with E-state index in [2.05, 4.69) is 123 Å². The highest BCUT2D eigenvalue weighted by Crippen LogP contribution is 2.61. The molecule has 0 fully saturated rings. The van der Waals surface area contributed by atoms with Crippen LogP contribution in [-0.2, 0) is 5.41 Å². The van der Waals surface area contributed by atoms with Gasteiger partial charge in [-0.2, -0.15) is 0 Å². The standard InChI is InChI=1S/C33H24/c1-21-15-17-27-23-9-3-4-10-24(23)28-18-16-22(2)20-32(28)33(31(27)19-21)29-13-7-5-11-25(29)26-12-6-8-14-30(26)33/h3-20H,1-2H3. The SMILES string of the molecule is Cc1ccc2c(c1)C1(c3cc(C)ccc3-c3ccccc3-2)c2ccccc2-c2ccccc21. The van der Waals surface area contributed by atoms with Crippen molar-refractivity contribution >= 4 is 0 Å². The second-order valence-corrected chi connectivity index (χ2v) is 9.48. The normalized spacial score (nSPS) is 14.0. The summed E-state index contributed by atoms with van der Waals surface area (Å²) in [5.41, 5.74) is 15.8. The first-order chi connectivity index (χ1) is 16.2. The van der Waals surface area contributed by atoms with Crippen molar-refractivity contribution in [2.45, 2.75) is 19.3 Å². The second-order valence-electron chi connectivity index (χ2n) is 9.48. The molecule has 0 atom stereocenters.